The Morgan fingerprint density at radius 1 is 1.45 bits per heavy atom. The first-order chi connectivity index (χ1) is 14.7. The molecule has 1 aromatic heterocycles. The van der Waals surface area contributed by atoms with Gasteiger partial charge in [-0.05, 0) is 0 Å². The quantitative estimate of drug-likeness (QED) is 0.261. The number of nitrogens with zero attached hydrogens (tertiary/aromatic N) is 1. The van der Waals surface area contributed by atoms with Gasteiger partial charge in [0.05, 0.1) is 24.9 Å². The summed E-state index contributed by atoms with van der Waals surface area (Å²) in [4.78, 5) is 37.0. The summed E-state index contributed by atoms with van der Waals surface area (Å²) in [5.74, 6) is -2.12. The summed E-state index contributed by atoms with van der Waals surface area (Å²) >= 11 is 0. The first-order valence-electron chi connectivity index (χ1n) is 9.11. The minimum Gasteiger partial charge on any atom is -0.394 e. The van der Waals surface area contributed by atoms with Crippen LogP contribution in [0.2, 0.25) is 0 Å². The van der Waals surface area contributed by atoms with Crippen LogP contribution in [0.3, 0.4) is 0 Å². The van der Waals surface area contributed by atoms with Gasteiger partial charge in [0, 0.05) is 19.2 Å². The molecule has 172 valence electrons. The van der Waals surface area contributed by atoms with Gasteiger partial charge in [0.25, 0.3) is 5.56 Å². The minimum absolute atomic E-state index is 0.0521. The largest absolute Gasteiger partial charge is 0.471 e. The highest BCUT2D eigenvalue weighted by molar-refractivity contribution is 5.81. The van der Waals surface area contributed by atoms with Gasteiger partial charge >= 0.3 is 17.8 Å². The topological polar surface area (TPSA) is 132 Å². The zero-order valence-electron chi connectivity index (χ0n) is 16.3. The maximum absolute atomic E-state index is 12.2. The number of halogens is 3. The molecule has 13 heteroatoms. The van der Waals surface area contributed by atoms with Crippen LogP contribution in [0.15, 0.2) is 34.5 Å². The van der Waals surface area contributed by atoms with Gasteiger partial charge in [-0.3, -0.25) is 19.1 Å². The van der Waals surface area contributed by atoms with Crippen molar-refractivity contribution in [3.8, 4) is 0 Å². The van der Waals surface area contributed by atoms with Crippen LogP contribution in [0.5, 0.6) is 0 Å². The Morgan fingerprint density at radius 2 is 2.19 bits per heavy atom. The van der Waals surface area contributed by atoms with Crippen molar-refractivity contribution in [3.05, 3.63) is 51.3 Å². The van der Waals surface area contributed by atoms with Crippen molar-refractivity contribution in [3.63, 3.8) is 0 Å². The van der Waals surface area contributed by atoms with Crippen molar-refractivity contribution in [2.75, 3.05) is 26.6 Å². The number of aliphatic hydroxyl groups excluding tert-OH is 1. The maximum Gasteiger partial charge on any atom is 0.471 e. The lowest BCUT2D eigenvalue weighted by atomic mass is 10.2. The molecule has 2 rings (SSSR count). The number of amides is 1. The molecule has 0 aromatic carbocycles. The lowest BCUT2D eigenvalue weighted by molar-refractivity contribution is -0.173. The summed E-state index contributed by atoms with van der Waals surface area (Å²) in [5, 5.41) is 11.1. The molecule has 3 atom stereocenters. The van der Waals surface area contributed by atoms with E-state index in [1.54, 1.807) is 5.32 Å². The van der Waals surface area contributed by atoms with Crippen LogP contribution in [0.4, 0.5) is 13.2 Å². The van der Waals surface area contributed by atoms with Crippen molar-refractivity contribution in [2.45, 2.75) is 31.0 Å². The average molecular weight is 449 g/mol. The van der Waals surface area contributed by atoms with Crippen molar-refractivity contribution in [1.82, 2.24) is 14.9 Å². The van der Waals surface area contributed by atoms with Gasteiger partial charge in [0.1, 0.15) is 19.1 Å². The first kappa shape index (κ1) is 24.5. The van der Waals surface area contributed by atoms with Crippen molar-refractivity contribution in [1.29, 1.82) is 0 Å². The van der Waals surface area contributed by atoms with Crippen LogP contribution in [0.25, 0.3) is 6.08 Å². The monoisotopic (exact) mass is 449 g/mol. The number of aromatic nitrogens is 2. The van der Waals surface area contributed by atoms with Gasteiger partial charge in [-0.25, -0.2) is 4.79 Å². The second kappa shape index (κ2) is 11.0. The normalized spacial score (nSPS) is 21.5. The van der Waals surface area contributed by atoms with E-state index in [0.717, 1.165) is 16.7 Å². The molecular formula is C18H22F3N3O7. The van der Waals surface area contributed by atoms with Gasteiger partial charge in [-0.1, -0.05) is 18.2 Å². The fourth-order valence-electron chi connectivity index (χ4n) is 2.75. The Balaban J connectivity index is 2.09. The molecule has 1 fully saturated rings. The van der Waals surface area contributed by atoms with E-state index >= 15 is 0 Å². The smallest absolute Gasteiger partial charge is 0.394 e. The van der Waals surface area contributed by atoms with E-state index in [1.165, 1.54) is 12.3 Å². The molecule has 0 unspecified atom stereocenters. The molecule has 1 aliphatic rings. The number of ether oxygens (including phenoxy) is 3. The summed E-state index contributed by atoms with van der Waals surface area (Å²) < 4.78 is 53.8. The standard InChI is InChI=1S/C18H22F3N3O7/c1-2-6-29-10-30-12-7-14(31-13(12)9-25)24-8-11(15(26)23-17(24)28)4-3-5-22-16(27)18(19,20)21/h2-4,8,12-14,25H,1,5-7,9-10H2,(H,22,27)(H,23,26,28)/b4-3+/t12-,13-,14-/m1/s1. The first-order valence-corrected chi connectivity index (χ1v) is 9.11. The second-order valence-electron chi connectivity index (χ2n) is 6.39. The highest BCUT2D eigenvalue weighted by Gasteiger charge is 2.38. The average Bonchev–Trinajstić information content (AvgIpc) is 3.11. The van der Waals surface area contributed by atoms with Gasteiger partial charge < -0.3 is 24.6 Å². The van der Waals surface area contributed by atoms with E-state index in [-0.39, 0.29) is 32.0 Å². The van der Waals surface area contributed by atoms with E-state index in [2.05, 4.69) is 11.6 Å². The number of carbonyl (C=O) groups is 1. The number of hydrogen-bond acceptors (Lipinski definition) is 7. The molecule has 2 heterocycles. The predicted molar refractivity (Wildman–Crippen MR) is 101 cm³/mol. The van der Waals surface area contributed by atoms with E-state index in [4.69, 9.17) is 14.2 Å². The highest BCUT2D eigenvalue weighted by atomic mass is 19.4. The highest BCUT2D eigenvalue weighted by Crippen LogP contribution is 2.29. The molecule has 0 radical (unpaired) electrons. The van der Waals surface area contributed by atoms with E-state index in [9.17, 15) is 32.7 Å². The third-order valence-electron chi connectivity index (χ3n) is 4.20. The van der Waals surface area contributed by atoms with Crippen molar-refractivity contribution >= 4 is 12.0 Å². The Labute approximate surface area is 173 Å². The number of rotatable bonds is 10. The zero-order chi connectivity index (χ0) is 23.0. The second-order valence-corrected chi connectivity index (χ2v) is 6.39. The molecule has 1 aliphatic heterocycles. The molecule has 0 aliphatic carbocycles. The fourth-order valence-corrected chi connectivity index (χ4v) is 2.75. The molecule has 0 bridgehead atoms. The Kier molecular flexibility index (Phi) is 8.74. The Morgan fingerprint density at radius 3 is 2.84 bits per heavy atom. The Hall–Kier alpha value is -2.74. The lowest BCUT2D eigenvalue weighted by Gasteiger charge is -2.16. The van der Waals surface area contributed by atoms with Crippen LogP contribution >= 0.6 is 0 Å². The molecule has 31 heavy (non-hydrogen) atoms. The van der Waals surface area contributed by atoms with Crippen LogP contribution in [0, 0.1) is 0 Å². The molecule has 10 nitrogen and oxygen atoms in total. The third-order valence-corrected chi connectivity index (χ3v) is 4.20. The number of aromatic amines is 1. The zero-order valence-corrected chi connectivity index (χ0v) is 16.3. The van der Waals surface area contributed by atoms with Crippen LogP contribution < -0.4 is 16.6 Å². The summed E-state index contributed by atoms with van der Waals surface area (Å²) in [6.45, 7) is 2.81. The molecule has 0 spiro atoms. The summed E-state index contributed by atoms with van der Waals surface area (Å²) in [7, 11) is 0. The van der Waals surface area contributed by atoms with Gasteiger partial charge in [-0.2, -0.15) is 13.2 Å². The molecule has 1 aromatic rings. The van der Waals surface area contributed by atoms with E-state index < -0.39 is 48.3 Å². The molecule has 1 saturated heterocycles. The summed E-state index contributed by atoms with van der Waals surface area (Å²) in [5.41, 5.74) is -1.61. The number of hydrogen-bond donors (Lipinski definition) is 3. The number of alkyl halides is 3. The van der Waals surface area contributed by atoms with Crippen LogP contribution in [-0.4, -0.2) is 65.5 Å². The molecule has 1 amide bonds. The fraction of sp³-hybridized carbons (Fsp3) is 0.500. The SMILES string of the molecule is C=CCOCO[C@@H]1C[C@H](n2cc(/C=C/CNC(=O)C(F)(F)F)c(=O)[nH]c2=O)O[C@@H]1CO. The number of carbonyl (C=O) groups excluding carboxylic acids is 1. The molecule has 3 N–H and O–H groups in total. The third kappa shape index (κ3) is 6.89. The van der Waals surface area contributed by atoms with Crippen LogP contribution in [0.1, 0.15) is 18.2 Å². The maximum atomic E-state index is 12.2. The number of nitrogens with one attached hydrogen (secondary N) is 2. The molecule has 0 saturated carbocycles. The summed E-state index contributed by atoms with van der Waals surface area (Å²) in [6, 6.07) is 0. The summed E-state index contributed by atoms with van der Waals surface area (Å²) in [6.07, 6.45) is -2.08. The Bertz CT molecular complexity index is 910. The minimum atomic E-state index is -5.02. The van der Waals surface area contributed by atoms with Gasteiger partial charge in [0.15, 0.2) is 0 Å². The number of H-pyrrole nitrogens is 1. The van der Waals surface area contributed by atoms with Gasteiger partial charge in [0.2, 0.25) is 0 Å². The predicted octanol–water partition coefficient (Wildman–Crippen LogP) is 0.0534. The lowest BCUT2D eigenvalue weighted by Crippen LogP contribution is -2.36. The van der Waals surface area contributed by atoms with E-state index in [0.29, 0.717) is 0 Å². The number of aliphatic hydroxyl groups is 1. The van der Waals surface area contributed by atoms with Gasteiger partial charge in [-0.15, -0.1) is 6.58 Å². The van der Waals surface area contributed by atoms with Crippen LogP contribution in [-0.2, 0) is 19.0 Å². The molecular weight excluding hydrogens is 427 g/mol. The van der Waals surface area contributed by atoms with Crippen molar-refractivity contribution < 1.29 is 37.3 Å². The van der Waals surface area contributed by atoms with E-state index in [1.807, 2.05) is 0 Å². The van der Waals surface area contributed by atoms with Crippen molar-refractivity contribution in [2.24, 2.45) is 0 Å².